The van der Waals surface area contributed by atoms with Gasteiger partial charge in [-0.15, -0.1) is 0 Å². The number of benzene rings is 1. The topological polar surface area (TPSA) is 6.48 Å². The average molecular weight is 258 g/mol. The lowest BCUT2D eigenvalue weighted by Gasteiger charge is -2.36. The van der Waals surface area contributed by atoms with Gasteiger partial charge in [0.05, 0.1) is 6.54 Å². The Balaban J connectivity index is 1.91. The van der Waals surface area contributed by atoms with E-state index in [4.69, 9.17) is 0 Å². The molecule has 1 aromatic carbocycles. The fourth-order valence-corrected chi connectivity index (χ4v) is 2.24. The van der Waals surface area contributed by atoms with Crippen molar-refractivity contribution >= 4 is 5.69 Å². The maximum atomic E-state index is 12.3. The van der Waals surface area contributed by atoms with Gasteiger partial charge in [-0.2, -0.15) is 13.2 Å². The standard InChI is InChI=1S/C13H17F3N2/c1-11-3-2-4-12(9-11)18-7-5-17(6-8-18)10-13(14,15)16/h2-4,9H,5-8,10H2,1H3. The molecule has 1 aromatic rings. The fourth-order valence-electron chi connectivity index (χ4n) is 2.24. The van der Waals surface area contributed by atoms with Gasteiger partial charge in [0.2, 0.25) is 0 Å². The normalized spacial score (nSPS) is 18.1. The summed E-state index contributed by atoms with van der Waals surface area (Å²) in [4.78, 5) is 3.60. The highest BCUT2D eigenvalue weighted by Gasteiger charge is 2.32. The van der Waals surface area contributed by atoms with E-state index in [9.17, 15) is 13.2 Å². The summed E-state index contributed by atoms with van der Waals surface area (Å²) in [6.45, 7) is 3.46. The zero-order chi connectivity index (χ0) is 13.2. The van der Waals surface area contributed by atoms with Gasteiger partial charge in [0.15, 0.2) is 0 Å². The van der Waals surface area contributed by atoms with Crippen LogP contribution in [0, 0.1) is 6.92 Å². The second kappa shape index (κ2) is 5.18. The lowest BCUT2D eigenvalue weighted by atomic mass is 10.2. The van der Waals surface area contributed by atoms with Crippen molar-refractivity contribution in [2.75, 3.05) is 37.6 Å². The summed E-state index contributed by atoms with van der Waals surface area (Å²) >= 11 is 0. The molecule has 0 amide bonds. The van der Waals surface area contributed by atoms with E-state index in [0.717, 1.165) is 5.69 Å². The van der Waals surface area contributed by atoms with E-state index in [2.05, 4.69) is 11.0 Å². The number of rotatable bonds is 2. The van der Waals surface area contributed by atoms with Crippen LogP contribution in [0.5, 0.6) is 0 Å². The molecule has 2 rings (SSSR count). The second-order valence-corrected chi connectivity index (χ2v) is 4.72. The Morgan fingerprint density at radius 2 is 1.78 bits per heavy atom. The molecule has 18 heavy (non-hydrogen) atoms. The first-order valence-electron chi connectivity index (χ1n) is 6.05. The molecular formula is C13H17F3N2. The van der Waals surface area contributed by atoms with Crippen LogP contribution in [0.4, 0.5) is 18.9 Å². The van der Waals surface area contributed by atoms with Gasteiger partial charge >= 0.3 is 6.18 Å². The Morgan fingerprint density at radius 3 is 2.33 bits per heavy atom. The van der Waals surface area contributed by atoms with Gasteiger partial charge in [0.25, 0.3) is 0 Å². The summed E-state index contributed by atoms with van der Waals surface area (Å²) in [5.74, 6) is 0. The molecule has 0 saturated carbocycles. The quantitative estimate of drug-likeness (QED) is 0.804. The number of hydrogen-bond acceptors (Lipinski definition) is 2. The molecule has 1 aliphatic heterocycles. The molecule has 0 bridgehead atoms. The van der Waals surface area contributed by atoms with Crippen LogP contribution in [0.1, 0.15) is 5.56 Å². The van der Waals surface area contributed by atoms with Crippen molar-refractivity contribution in [1.29, 1.82) is 0 Å². The van der Waals surface area contributed by atoms with E-state index in [1.54, 1.807) is 0 Å². The van der Waals surface area contributed by atoms with Crippen molar-refractivity contribution in [2.45, 2.75) is 13.1 Å². The lowest BCUT2D eigenvalue weighted by Crippen LogP contribution is -2.49. The van der Waals surface area contributed by atoms with Gasteiger partial charge in [-0.25, -0.2) is 0 Å². The maximum Gasteiger partial charge on any atom is 0.401 e. The van der Waals surface area contributed by atoms with Crippen LogP contribution in [-0.4, -0.2) is 43.8 Å². The van der Waals surface area contributed by atoms with E-state index < -0.39 is 12.7 Å². The first kappa shape index (κ1) is 13.2. The molecule has 1 aliphatic rings. The minimum Gasteiger partial charge on any atom is -0.369 e. The van der Waals surface area contributed by atoms with Crippen molar-refractivity contribution < 1.29 is 13.2 Å². The highest BCUT2D eigenvalue weighted by Crippen LogP contribution is 2.20. The molecule has 0 aliphatic carbocycles. The molecule has 1 fully saturated rings. The molecule has 100 valence electrons. The van der Waals surface area contributed by atoms with E-state index >= 15 is 0 Å². The summed E-state index contributed by atoms with van der Waals surface area (Å²) in [6, 6.07) is 8.07. The lowest BCUT2D eigenvalue weighted by molar-refractivity contribution is -0.146. The summed E-state index contributed by atoms with van der Waals surface area (Å²) in [7, 11) is 0. The molecule has 0 aromatic heterocycles. The number of piperazine rings is 1. The van der Waals surface area contributed by atoms with Crippen LogP contribution in [0.25, 0.3) is 0 Å². The zero-order valence-corrected chi connectivity index (χ0v) is 10.4. The molecular weight excluding hydrogens is 241 g/mol. The number of halogens is 3. The van der Waals surface area contributed by atoms with E-state index in [1.807, 2.05) is 25.1 Å². The SMILES string of the molecule is Cc1cccc(N2CCN(CC(F)(F)F)CC2)c1. The summed E-state index contributed by atoms with van der Waals surface area (Å²) in [5.41, 5.74) is 2.27. The molecule has 1 heterocycles. The summed E-state index contributed by atoms with van der Waals surface area (Å²) in [6.07, 6.45) is -4.09. The van der Waals surface area contributed by atoms with Gasteiger partial charge < -0.3 is 4.90 Å². The third kappa shape index (κ3) is 3.63. The van der Waals surface area contributed by atoms with Crippen molar-refractivity contribution in [1.82, 2.24) is 4.90 Å². The third-order valence-corrected chi connectivity index (χ3v) is 3.14. The molecule has 0 radical (unpaired) electrons. The van der Waals surface area contributed by atoms with Crippen LogP contribution < -0.4 is 4.90 Å². The zero-order valence-electron chi connectivity index (χ0n) is 10.4. The Bertz CT molecular complexity index is 395. The number of hydrogen-bond donors (Lipinski definition) is 0. The molecule has 2 nitrogen and oxygen atoms in total. The molecule has 0 unspecified atom stereocenters. The van der Waals surface area contributed by atoms with Crippen LogP contribution in [0.2, 0.25) is 0 Å². The largest absolute Gasteiger partial charge is 0.401 e. The van der Waals surface area contributed by atoms with Crippen LogP contribution in [0.3, 0.4) is 0 Å². The minimum atomic E-state index is -4.09. The Morgan fingerprint density at radius 1 is 1.11 bits per heavy atom. The minimum absolute atomic E-state index is 0.466. The smallest absolute Gasteiger partial charge is 0.369 e. The van der Waals surface area contributed by atoms with Gasteiger partial charge in [-0.3, -0.25) is 4.90 Å². The van der Waals surface area contributed by atoms with Crippen molar-refractivity contribution in [3.8, 4) is 0 Å². The van der Waals surface area contributed by atoms with Crippen LogP contribution >= 0.6 is 0 Å². The molecule has 0 spiro atoms. The fraction of sp³-hybridized carbons (Fsp3) is 0.538. The van der Waals surface area contributed by atoms with Crippen molar-refractivity contribution in [3.05, 3.63) is 29.8 Å². The Kier molecular flexibility index (Phi) is 3.80. The van der Waals surface area contributed by atoms with Crippen LogP contribution in [-0.2, 0) is 0 Å². The Hall–Kier alpha value is -1.23. The van der Waals surface area contributed by atoms with Crippen LogP contribution in [0.15, 0.2) is 24.3 Å². The highest BCUT2D eigenvalue weighted by atomic mass is 19.4. The molecule has 0 atom stereocenters. The predicted molar refractivity (Wildman–Crippen MR) is 65.9 cm³/mol. The first-order chi connectivity index (χ1) is 8.44. The summed E-state index contributed by atoms with van der Waals surface area (Å²) < 4.78 is 36.8. The van der Waals surface area contributed by atoms with Gasteiger partial charge in [0.1, 0.15) is 0 Å². The Labute approximate surface area is 105 Å². The molecule has 0 N–H and O–H groups in total. The predicted octanol–water partition coefficient (Wildman–Crippen LogP) is 2.68. The van der Waals surface area contributed by atoms with E-state index in [0.29, 0.717) is 26.2 Å². The maximum absolute atomic E-state index is 12.3. The molecule has 5 heteroatoms. The summed E-state index contributed by atoms with van der Waals surface area (Å²) in [5, 5.41) is 0. The first-order valence-corrected chi connectivity index (χ1v) is 6.05. The van der Waals surface area contributed by atoms with Gasteiger partial charge in [-0.05, 0) is 24.6 Å². The highest BCUT2D eigenvalue weighted by molar-refractivity contribution is 5.48. The van der Waals surface area contributed by atoms with E-state index in [-0.39, 0.29) is 0 Å². The monoisotopic (exact) mass is 258 g/mol. The number of anilines is 1. The molecule has 1 saturated heterocycles. The van der Waals surface area contributed by atoms with Gasteiger partial charge in [0, 0.05) is 31.9 Å². The van der Waals surface area contributed by atoms with Crippen molar-refractivity contribution in [2.24, 2.45) is 0 Å². The van der Waals surface area contributed by atoms with Crippen molar-refractivity contribution in [3.63, 3.8) is 0 Å². The number of aryl methyl sites for hydroxylation is 1. The number of nitrogens with zero attached hydrogens (tertiary/aromatic N) is 2. The van der Waals surface area contributed by atoms with Gasteiger partial charge in [-0.1, -0.05) is 12.1 Å². The van der Waals surface area contributed by atoms with E-state index in [1.165, 1.54) is 10.5 Å². The second-order valence-electron chi connectivity index (χ2n) is 4.72. The third-order valence-electron chi connectivity index (χ3n) is 3.14. The average Bonchev–Trinajstić information content (AvgIpc) is 2.28. The number of alkyl halides is 3.